The normalized spacial score (nSPS) is 14.3. The number of fused-ring (bicyclic) bond motifs is 1. The quantitative estimate of drug-likeness (QED) is 0.416. The Morgan fingerprint density at radius 3 is 3.06 bits per heavy atom. The zero-order valence-corrected chi connectivity index (χ0v) is 18.9. The van der Waals surface area contributed by atoms with E-state index in [1.54, 1.807) is 41.7 Å². The van der Waals surface area contributed by atoms with Gasteiger partial charge in [0, 0.05) is 48.2 Å². The number of pyridine rings is 1. The molecule has 4 aromatic rings. The molecule has 1 aliphatic rings. The second-order valence-corrected chi connectivity index (χ2v) is 8.57. The summed E-state index contributed by atoms with van der Waals surface area (Å²) in [4.78, 5) is 23.9. The van der Waals surface area contributed by atoms with Gasteiger partial charge in [-0.2, -0.15) is 0 Å². The maximum Gasteiger partial charge on any atom is 0.275 e. The minimum absolute atomic E-state index is 0.0505. The van der Waals surface area contributed by atoms with Gasteiger partial charge >= 0.3 is 0 Å². The third-order valence-electron chi connectivity index (χ3n) is 5.66. The Balaban J connectivity index is 1.39. The van der Waals surface area contributed by atoms with Crippen molar-refractivity contribution in [3.05, 3.63) is 53.9 Å². The maximum atomic E-state index is 13.0. The Morgan fingerprint density at radius 1 is 1.27 bits per heavy atom. The number of thiazole rings is 1. The molecule has 9 nitrogen and oxygen atoms in total. The first-order valence-corrected chi connectivity index (χ1v) is 11.6. The number of ether oxygens (including phenoxy) is 1. The van der Waals surface area contributed by atoms with E-state index in [0.717, 1.165) is 43.7 Å². The lowest BCUT2D eigenvalue weighted by atomic mass is 10.2. The summed E-state index contributed by atoms with van der Waals surface area (Å²) in [5, 5.41) is 20.7. The van der Waals surface area contributed by atoms with Crippen LogP contribution < -0.4 is 20.3 Å². The smallest absolute Gasteiger partial charge is 0.275 e. The Hall–Kier alpha value is -3.63. The van der Waals surface area contributed by atoms with Gasteiger partial charge in [0.15, 0.2) is 5.13 Å². The maximum absolute atomic E-state index is 13.0. The topological polar surface area (TPSA) is 105 Å². The Bertz CT molecular complexity index is 1290. The predicted molar refractivity (Wildman–Crippen MR) is 129 cm³/mol. The Morgan fingerprint density at radius 2 is 2.18 bits per heavy atom. The molecule has 0 unspecified atom stereocenters. The van der Waals surface area contributed by atoms with Crippen molar-refractivity contribution in [2.75, 3.05) is 43.5 Å². The number of carbonyl (C=O) groups excluding carboxylic acids is 1. The zero-order chi connectivity index (χ0) is 22.8. The molecule has 0 atom stereocenters. The summed E-state index contributed by atoms with van der Waals surface area (Å²) >= 11 is 1.28. The lowest BCUT2D eigenvalue weighted by Crippen LogP contribution is -2.29. The fourth-order valence-corrected chi connectivity index (χ4v) is 4.74. The van der Waals surface area contributed by atoms with Crippen LogP contribution in [0.1, 0.15) is 16.9 Å². The Kier molecular flexibility index (Phi) is 5.84. The number of methoxy groups -OCH3 is 1. The fourth-order valence-electron chi connectivity index (χ4n) is 3.96. The molecule has 0 saturated carbocycles. The van der Waals surface area contributed by atoms with Gasteiger partial charge in [0.05, 0.1) is 24.7 Å². The van der Waals surface area contributed by atoms with Crippen molar-refractivity contribution in [1.82, 2.24) is 19.9 Å². The summed E-state index contributed by atoms with van der Waals surface area (Å²) in [6.45, 7) is 3.65. The highest BCUT2D eigenvalue weighted by Crippen LogP contribution is 2.34. The molecule has 1 amide bonds. The zero-order valence-electron chi connectivity index (χ0n) is 18.1. The lowest BCUT2D eigenvalue weighted by molar-refractivity contribution is 0.102. The molecule has 10 heteroatoms. The van der Waals surface area contributed by atoms with E-state index in [1.165, 1.54) is 11.3 Å². The lowest BCUT2D eigenvalue weighted by Gasteiger charge is -2.24. The predicted octanol–water partition coefficient (Wildman–Crippen LogP) is 3.25. The van der Waals surface area contributed by atoms with Gasteiger partial charge in [0.2, 0.25) is 5.88 Å². The number of aromatic hydroxyl groups is 1. The fraction of sp³-hybridized carbons (Fsp3) is 0.261. The van der Waals surface area contributed by atoms with E-state index in [4.69, 9.17) is 4.74 Å². The van der Waals surface area contributed by atoms with Crippen LogP contribution in [0.3, 0.4) is 0 Å². The number of benzene rings is 1. The molecule has 1 saturated heterocycles. The van der Waals surface area contributed by atoms with Gasteiger partial charge in [0.1, 0.15) is 11.4 Å². The number of hydrogen-bond acceptors (Lipinski definition) is 8. The van der Waals surface area contributed by atoms with E-state index >= 15 is 0 Å². The van der Waals surface area contributed by atoms with Gasteiger partial charge in [-0.1, -0.05) is 0 Å². The van der Waals surface area contributed by atoms with Crippen molar-refractivity contribution in [2.24, 2.45) is 0 Å². The molecule has 0 radical (unpaired) electrons. The van der Waals surface area contributed by atoms with Gasteiger partial charge < -0.3 is 25.4 Å². The molecular formula is C23H24N6O3S. The van der Waals surface area contributed by atoms with Gasteiger partial charge in [-0.3, -0.25) is 14.3 Å². The second kappa shape index (κ2) is 9.08. The van der Waals surface area contributed by atoms with Crippen molar-refractivity contribution in [3.63, 3.8) is 0 Å². The first-order chi connectivity index (χ1) is 16.1. The van der Waals surface area contributed by atoms with Gasteiger partial charge in [0.25, 0.3) is 5.91 Å². The van der Waals surface area contributed by atoms with Crippen LogP contribution in [-0.4, -0.2) is 58.8 Å². The SMILES string of the molecule is COc1ccc2cn(-c3nc(C(=O)Nc4cnccc4N4CCCNCC4)cs3)c(O)c2c1. The molecule has 3 N–H and O–H groups in total. The van der Waals surface area contributed by atoms with Crippen molar-refractivity contribution in [1.29, 1.82) is 0 Å². The first kappa shape index (κ1) is 21.2. The number of hydrogen-bond donors (Lipinski definition) is 3. The van der Waals surface area contributed by atoms with Crippen molar-refractivity contribution >= 4 is 39.4 Å². The van der Waals surface area contributed by atoms with E-state index in [9.17, 15) is 9.90 Å². The summed E-state index contributed by atoms with van der Waals surface area (Å²) < 4.78 is 6.82. The molecule has 0 aliphatic carbocycles. The molecule has 170 valence electrons. The number of carbonyl (C=O) groups is 1. The highest BCUT2D eigenvalue weighted by Gasteiger charge is 2.19. The summed E-state index contributed by atoms with van der Waals surface area (Å²) in [6.07, 6.45) is 6.22. The minimum atomic E-state index is -0.322. The van der Waals surface area contributed by atoms with Crippen LogP contribution in [-0.2, 0) is 0 Å². The monoisotopic (exact) mass is 464 g/mol. The van der Waals surface area contributed by atoms with E-state index in [0.29, 0.717) is 22.0 Å². The van der Waals surface area contributed by atoms with E-state index in [2.05, 4.69) is 25.5 Å². The van der Waals surface area contributed by atoms with Gasteiger partial charge in [-0.25, -0.2) is 4.98 Å². The van der Waals surface area contributed by atoms with Gasteiger partial charge in [-0.15, -0.1) is 11.3 Å². The van der Waals surface area contributed by atoms with Crippen LogP contribution in [0.25, 0.3) is 15.9 Å². The van der Waals surface area contributed by atoms with Crippen molar-refractivity contribution < 1.29 is 14.6 Å². The van der Waals surface area contributed by atoms with Crippen LogP contribution >= 0.6 is 11.3 Å². The molecule has 33 heavy (non-hydrogen) atoms. The number of aromatic nitrogens is 3. The molecule has 0 bridgehead atoms. The van der Waals surface area contributed by atoms with Crippen LogP contribution in [0.15, 0.2) is 48.2 Å². The third-order valence-corrected chi connectivity index (χ3v) is 6.50. The van der Waals surface area contributed by atoms with Crippen molar-refractivity contribution in [2.45, 2.75) is 6.42 Å². The number of anilines is 2. The molecular weight excluding hydrogens is 440 g/mol. The molecule has 5 rings (SSSR count). The average Bonchev–Trinajstić information content (AvgIpc) is 3.34. The largest absolute Gasteiger partial charge is 0.497 e. The third kappa shape index (κ3) is 4.22. The highest BCUT2D eigenvalue weighted by atomic mass is 32.1. The van der Waals surface area contributed by atoms with Crippen LogP contribution in [0, 0.1) is 0 Å². The molecule has 3 aromatic heterocycles. The van der Waals surface area contributed by atoms with Crippen LogP contribution in [0.2, 0.25) is 0 Å². The Labute approximate surface area is 194 Å². The van der Waals surface area contributed by atoms with Crippen molar-refractivity contribution in [3.8, 4) is 16.8 Å². The molecule has 1 aromatic carbocycles. The van der Waals surface area contributed by atoms with E-state index in [-0.39, 0.29) is 17.5 Å². The number of nitrogens with one attached hydrogen (secondary N) is 2. The summed E-state index contributed by atoms with van der Waals surface area (Å²) in [5.41, 5.74) is 1.87. The molecule has 1 aliphatic heterocycles. The summed E-state index contributed by atoms with van der Waals surface area (Å²) in [5.74, 6) is 0.384. The molecule has 0 spiro atoms. The highest BCUT2D eigenvalue weighted by molar-refractivity contribution is 7.12. The standard InChI is InChI=1S/C23H24N6O3S/c1-32-16-4-3-15-13-29(22(31)17(15)11-16)23-27-19(14-33-23)21(30)26-18-12-25-7-5-20(18)28-9-2-6-24-8-10-28/h3-5,7,11-14,24,31H,2,6,8-10H2,1H3,(H,26,30). The second-order valence-electron chi connectivity index (χ2n) is 7.73. The van der Waals surface area contributed by atoms with E-state index in [1.807, 2.05) is 18.2 Å². The molecule has 4 heterocycles. The van der Waals surface area contributed by atoms with E-state index < -0.39 is 0 Å². The summed E-state index contributed by atoms with van der Waals surface area (Å²) in [6, 6.07) is 7.39. The van der Waals surface area contributed by atoms with Crippen LogP contribution in [0.5, 0.6) is 11.6 Å². The van der Waals surface area contributed by atoms with Gasteiger partial charge in [-0.05, 0) is 37.2 Å². The average molecular weight is 465 g/mol. The minimum Gasteiger partial charge on any atom is -0.497 e. The molecule has 1 fully saturated rings. The number of amides is 1. The number of rotatable bonds is 5. The number of nitrogens with zero attached hydrogens (tertiary/aromatic N) is 4. The summed E-state index contributed by atoms with van der Waals surface area (Å²) in [7, 11) is 1.58. The first-order valence-electron chi connectivity index (χ1n) is 10.7. The van der Waals surface area contributed by atoms with Crippen LogP contribution in [0.4, 0.5) is 11.4 Å².